The van der Waals surface area contributed by atoms with Gasteiger partial charge in [-0.1, -0.05) is 6.07 Å². The van der Waals surface area contributed by atoms with Crippen LogP contribution in [-0.2, 0) is 9.59 Å². The van der Waals surface area contributed by atoms with Crippen LogP contribution in [0.15, 0.2) is 36.4 Å². The standard InChI is InChI=1S/C18H17N3O6/c1-11-3-6-15(26-2)13(7-11)19-17(22)9-20-10-18(23)27-16-8-12(21(24)25)4-5-14(16)20/h3-8H,9-10H2,1-2H3,(H,19,22). The zero-order valence-electron chi connectivity index (χ0n) is 14.7. The summed E-state index contributed by atoms with van der Waals surface area (Å²) in [6.07, 6.45) is 0. The van der Waals surface area contributed by atoms with Crippen LogP contribution in [0.1, 0.15) is 5.56 Å². The molecule has 1 amide bonds. The van der Waals surface area contributed by atoms with Gasteiger partial charge in [-0.2, -0.15) is 0 Å². The third kappa shape index (κ3) is 3.97. The number of nitrogens with zero attached hydrogens (tertiary/aromatic N) is 2. The first-order valence-electron chi connectivity index (χ1n) is 8.06. The molecule has 9 heteroatoms. The molecule has 1 aliphatic rings. The van der Waals surface area contributed by atoms with Gasteiger partial charge in [0.25, 0.3) is 5.69 Å². The normalized spacial score (nSPS) is 12.8. The summed E-state index contributed by atoms with van der Waals surface area (Å²) in [7, 11) is 1.50. The summed E-state index contributed by atoms with van der Waals surface area (Å²) < 4.78 is 10.3. The number of aryl methyl sites for hydroxylation is 1. The van der Waals surface area contributed by atoms with E-state index in [9.17, 15) is 19.7 Å². The predicted octanol–water partition coefficient (Wildman–Crippen LogP) is 2.28. The number of fused-ring (bicyclic) bond motifs is 1. The second kappa shape index (κ2) is 7.32. The van der Waals surface area contributed by atoms with Gasteiger partial charge in [-0.15, -0.1) is 0 Å². The van der Waals surface area contributed by atoms with E-state index in [0.29, 0.717) is 17.1 Å². The zero-order valence-corrected chi connectivity index (χ0v) is 14.7. The number of carbonyl (C=O) groups is 2. The molecule has 9 nitrogen and oxygen atoms in total. The van der Waals surface area contributed by atoms with Crippen molar-refractivity contribution in [3.63, 3.8) is 0 Å². The molecule has 27 heavy (non-hydrogen) atoms. The lowest BCUT2D eigenvalue weighted by atomic mass is 10.2. The second-order valence-corrected chi connectivity index (χ2v) is 5.99. The second-order valence-electron chi connectivity index (χ2n) is 5.99. The largest absolute Gasteiger partial charge is 0.495 e. The maximum Gasteiger partial charge on any atom is 0.331 e. The molecule has 2 aromatic carbocycles. The molecule has 0 atom stereocenters. The molecular weight excluding hydrogens is 354 g/mol. The number of nitro benzene ring substituents is 1. The van der Waals surface area contributed by atoms with Gasteiger partial charge in [0, 0.05) is 6.07 Å². The van der Waals surface area contributed by atoms with Crippen LogP contribution in [0.25, 0.3) is 0 Å². The highest BCUT2D eigenvalue weighted by Crippen LogP contribution is 2.35. The average Bonchev–Trinajstić information content (AvgIpc) is 2.61. The maximum atomic E-state index is 12.5. The molecule has 140 valence electrons. The fourth-order valence-electron chi connectivity index (χ4n) is 2.78. The maximum absolute atomic E-state index is 12.5. The Balaban J connectivity index is 1.80. The van der Waals surface area contributed by atoms with Crippen LogP contribution in [0.2, 0.25) is 0 Å². The van der Waals surface area contributed by atoms with Gasteiger partial charge in [0.05, 0.1) is 36.0 Å². The van der Waals surface area contributed by atoms with Crippen molar-refractivity contribution >= 4 is 28.9 Å². The Hall–Kier alpha value is -3.62. The van der Waals surface area contributed by atoms with E-state index < -0.39 is 10.9 Å². The van der Waals surface area contributed by atoms with E-state index in [-0.39, 0.29) is 30.4 Å². The number of esters is 1. The van der Waals surface area contributed by atoms with Crippen LogP contribution < -0.4 is 19.7 Å². The van der Waals surface area contributed by atoms with E-state index in [0.717, 1.165) is 5.56 Å². The number of rotatable bonds is 5. The van der Waals surface area contributed by atoms with Crippen LogP contribution >= 0.6 is 0 Å². The highest BCUT2D eigenvalue weighted by atomic mass is 16.6. The Bertz CT molecular complexity index is 927. The minimum atomic E-state index is -0.594. The third-order valence-corrected chi connectivity index (χ3v) is 4.00. The summed E-state index contributed by atoms with van der Waals surface area (Å²) in [5.74, 6) is -0.383. The van der Waals surface area contributed by atoms with Gasteiger partial charge in [0.2, 0.25) is 5.91 Å². The molecule has 1 heterocycles. The number of non-ortho nitro benzene ring substituents is 1. The van der Waals surface area contributed by atoms with Gasteiger partial charge >= 0.3 is 5.97 Å². The molecule has 1 N–H and O–H groups in total. The van der Waals surface area contributed by atoms with Gasteiger partial charge in [-0.05, 0) is 30.7 Å². The van der Waals surface area contributed by atoms with Crippen LogP contribution in [0.5, 0.6) is 11.5 Å². The minimum Gasteiger partial charge on any atom is -0.495 e. The lowest BCUT2D eigenvalue weighted by Crippen LogP contribution is -2.41. The third-order valence-electron chi connectivity index (χ3n) is 4.00. The number of amides is 1. The molecule has 0 aromatic heterocycles. The molecule has 0 unspecified atom stereocenters. The molecule has 1 aliphatic heterocycles. The van der Waals surface area contributed by atoms with Crippen molar-refractivity contribution in [1.29, 1.82) is 0 Å². The van der Waals surface area contributed by atoms with Gasteiger partial charge in [-0.25, -0.2) is 4.79 Å². The highest BCUT2D eigenvalue weighted by Gasteiger charge is 2.27. The number of methoxy groups -OCH3 is 1. The fraction of sp³-hybridized carbons (Fsp3) is 0.222. The average molecular weight is 371 g/mol. The van der Waals surface area contributed by atoms with Gasteiger partial charge < -0.3 is 19.7 Å². The SMILES string of the molecule is COc1ccc(C)cc1NC(=O)CN1CC(=O)Oc2cc([N+](=O)[O-])ccc21. The van der Waals surface area contributed by atoms with E-state index in [2.05, 4.69) is 5.32 Å². The first-order valence-corrected chi connectivity index (χ1v) is 8.06. The van der Waals surface area contributed by atoms with Crippen molar-refractivity contribution in [1.82, 2.24) is 0 Å². The number of nitrogens with one attached hydrogen (secondary N) is 1. The summed E-state index contributed by atoms with van der Waals surface area (Å²) in [4.78, 5) is 36.1. The topological polar surface area (TPSA) is 111 Å². The van der Waals surface area contributed by atoms with E-state index in [1.807, 2.05) is 13.0 Å². The number of hydrogen-bond acceptors (Lipinski definition) is 7. The molecule has 0 fully saturated rings. The van der Waals surface area contributed by atoms with E-state index in [1.165, 1.54) is 30.2 Å². The Morgan fingerprint density at radius 1 is 1.33 bits per heavy atom. The quantitative estimate of drug-likeness (QED) is 0.371. The monoisotopic (exact) mass is 371 g/mol. The Morgan fingerprint density at radius 3 is 2.81 bits per heavy atom. The van der Waals surface area contributed by atoms with Crippen molar-refractivity contribution in [3.8, 4) is 11.5 Å². The summed E-state index contributed by atoms with van der Waals surface area (Å²) in [5.41, 5.74) is 1.71. The summed E-state index contributed by atoms with van der Waals surface area (Å²) >= 11 is 0. The molecule has 0 saturated carbocycles. The molecular formula is C18H17N3O6. The number of hydrogen-bond donors (Lipinski definition) is 1. The van der Waals surface area contributed by atoms with Gasteiger partial charge in [-0.3, -0.25) is 14.9 Å². The number of benzene rings is 2. The van der Waals surface area contributed by atoms with Crippen molar-refractivity contribution in [2.24, 2.45) is 0 Å². The summed E-state index contributed by atoms with van der Waals surface area (Å²) in [6.45, 7) is 1.62. The van der Waals surface area contributed by atoms with Gasteiger partial charge in [0.15, 0.2) is 5.75 Å². The number of ether oxygens (including phenoxy) is 2. The molecule has 0 spiro atoms. The molecule has 0 saturated heterocycles. The Morgan fingerprint density at radius 2 is 2.11 bits per heavy atom. The summed E-state index contributed by atoms with van der Waals surface area (Å²) in [6, 6.07) is 9.31. The highest BCUT2D eigenvalue weighted by molar-refractivity contribution is 5.97. The lowest BCUT2D eigenvalue weighted by molar-refractivity contribution is -0.384. The van der Waals surface area contributed by atoms with Crippen LogP contribution in [0.3, 0.4) is 0 Å². The van der Waals surface area contributed by atoms with Crippen LogP contribution in [0.4, 0.5) is 17.1 Å². The van der Waals surface area contributed by atoms with Crippen molar-refractivity contribution in [3.05, 3.63) is 52.1 Å². The van der Waals surface area contributed by atoms with E-state index in [1.54, 1.807) is 12.1 Å². The van der Waals surface area contributed by atoms with E-state index in [4.69, 9.17) is 9.47 Å². The van der Waals surface area contributed by atoms with E-state index >= 15 is 0 Å². The number of carbonyl (C=O) groups excluding carboxylic acids is 2. The van der Waals surface area contributed by atoms with Crippen molar-refractivity contribution in [2.45, 2.75) is 6.92 Å². The smallest absolute Gasteiger partial charge is 0.331 e. The van der Waals surface area contributed by atoms with Crippen molar-refractivity contribution in [2.75, 3.05) is 30.4 Å². The predicted molar refractivity (Wildman–Crippen MR) is 97.3 cm³/mol. The molecule has 0 bridgehead atoms. The molecule has 3 rings (SSSR count). The molecule has 0 radical (unpaired) electrons. The zero-order chi connectivity index (χ0) is 19.6. The van der Waals surface area contributed by atoms with Gasteiger partial charge in [0.1, 0.15) is 12.3 Å². The molecule has 0 aliphatic carbocycles. The number of anilines is 2. The summed E-state index contributed by atoms with van der Waals surface area (Å²) in [5, 5.41) is 13.7. The van der Waals surface area contributed by atoms with Crippen molar-refractivity contribution < 1.29 is 24.0 Å². The lowest BCUT2D eigenvalue weighted by Gasteiger charge is -2.29. The van der Waals surface area contributed by atoms with Crippen LogP contribution in [0, 0.1) is 17.0 Å². The Kier molecular flexibility index (Phi) is 4.93. The number of nitro groups is 1. The first kappa shape index (κ1) is 18.2. The Labute approximate surface area is 154 Å². The fourth-order valence-corrected chi connectivity index (χ4v) is 2.78. The first-order chi connectivity index (χ1) is 12.9. The minimum absolute atomic E-state index is 0.0568. The molecule has 2 aromatic rings. The van der Waals surface area contributed by atoms with Crippen LogP contribution in [-0.4, -0.2) is 37.0 Å².